The van der Waals surface area contributed by atoms with E-state index in [1.165, 1.54) is 0 Å². The molecule has 0 aliphatic carbocycles. The van der Waals surface area contributed by atoms with Crippen LogP contribution in [0.2, 0.25) is 5.02 Å². The van der Waals surface area contributed by atoms with Crippen LogP contribution in [0, 0.1) is 4.64 Å². The summed E-state index contributed by atoms with van der Waals surface area (Å²) in [6.45, 7) is 2.06. The number of hydrogen-bond acceptors (Lipinski definition) is 3. The second-order valence-electron chi connectivity index (χ2n) is 3.79. The minimum absolute atomic E-state index is 0.567. The van der Waals surface area contributed by atoms with E-state index in [0.717, 1.165) is 17.7 Å². The van der Waals surface area contributed by atoms with Gasteiger partial charge in [0.15, 0.2) is 0 Å². The van der Waals surface area contributed by atoms with Crippen molar-refractivity contribution in [3.63, 3.8) is 0 Å². The van der Waals surface area contributed by atoms with Crippen LogP contribution in [0.1, 0.15) is 12.6 Å². The third-order valence-electron chi connectivity index (χ3n) is 2.60. The molecule has 0 fully saturated rings. The van der Waals surface area contributed by atoms with Crippen molar-refractivity contribution in [3.05, 3.63) is 39.6 Å². The largest absolute Gasteiger partial charge is 0.496 e. The second kappa shape index (κ2) is 5.50. The number of hydrogen-bond donors (Lipinski definition) is 1. The van der Waals surface area contributed by atoms with Crippen molar-refractivity contribution in [2.45, 2.75) is 13.3 Å². The van der Waals surface area contributed by atoms with Crippen molar-refractivity contribution in [1.29, 1.82) is 0 Å². The van der Waals surface area contributed by atoms with Gasteiger partial charge in [-0.3, -0.25) is 0 Å². The maximum atomic E-state index is 5.94. The Morgan fingerprint density at radius 2 is 2.17 bits per heavy atom. The quantitative estimate of drug-likeness (QED) is 0.863. The molecular formula is C13H13ClN2OS. The van der Waals surface area contributed by atoms with E-state index in [1.807, 2.05) is 12.1 Å². The molecule has 1 aromatic carbocycles. The molecule has 0 atom stereocenters. The maximum absolute atomic E-state index is 5.94. The number of aryl methyl sites for hydroxylation is 1. The summed E-state index contributed by atoms with van der Waals surface area (Å²) < 4.78 is 5.88. The lowest BCUT2D eigenvalue weighted by Crippen LogP contribution is -1.97. The fourth-order valence-corrected chi connectivity index (χ4v) is 2.08. The van der Waals surface area contributed by atoms with Gasteiger partial charge in [-0.05, 0) is 30.7 Å². The average molecular weight is 281 g/mol. The lowest BCUT2D eigenvalue weighted by molar-refractivity contribution is 0.416. The van der Waals surface area contributed by atoms with Crippen molar-refractivity contribution in [2.24, 2.45) is 0 Å². The van der Waals surface area contributed by atoms with Crippen LogP contribution in [0.4, 0.5) is 0 Å². The highest BCUT2D eigenvalue weighted by Gasteiger charge is 2.09. The number of halogens is 1. The fourth-order valence-electron chi connectivity index (χ4n) is 1.69. The predicted octanol–water partition coefficient (Wildman–Crippen LogP) is 4.03. The third kappa shape index (κ3) is 2.71. The number of benzene rings is 1. The monoisotopic (exact) mass is 280 g/mol. The molecule has 1 N–H and O–H groups in total. The van der Waals surface area contributed by atoms with Gasteiger partial charge in [0.25, 0.3) is 0 Å². The first-order valence-electron chi connectivity index (χ1n) is 5.58. The minimum Gasteiger partial charge on any atom is -0.496 e. The van der Waals surface area contributed by atoms with Crippen LogP contribution in [0.5, 0.6) is 5.75 Å². The first kappa shape index (κ1) is 13.1. The molecule has 0 unspecified atom stereocenters. The molecule has 0 aliphatic rings. The molecule has 5 heteroatoms. The Labute approximate surface area is 116 Å². The van der Waals surface area contributed by atoms with Gasteiger partial charge in [-0.2, -0.15) is 0 Å². The van der Waals surface area contributed by atoms with E-state index in [-0.39, 0.29) is 0 Å². The van der Waals surface area contributed by atoms with E-state index >= 15 is 0 Å². The minimum atomic E-state index is 0.567. The molecule has 0 saturated carbocycles. The average Bonchev–Trinajstić information content (AvgIpc) is 2.37. The normalized spacial score (nSPS) is 10.4. The zero-order valence-electron chi connectivity index (χ0n) is 10.2. The molecule has 0 spiro atoms. The van der Waals surface area contributed by atoms with Gasteiger partial charge < -0.3 is 9.72 Å². The number of H-pyrrole nitrogens is 1. The summed E-state index contributed by atoms with van der Waals surface area (Å²) in [5, 5.41) is 0.626. The fraction of sp³-hybridized carbons (Fsp3) is 0.231. The smallest absolute Gasteiger partial charge is 0.142 e. The molecule has 94 valence electrons. The molecule has 0 bridgehead atoms. The Balaban J connectivity index is 2.61. The van der Waals surface area contributed by atoms with Gasteiger partial charge in [0, 0.05) is 10.7 Å². The molecule has 18 heavy (non-hydrogen) atoms. The van der Waals surface area contributed by atoms with Gasteiger partial charge in [-0.1, -0.05) is 30.7 Å². The molecule has 0 radical (unpaired) electrons. The van der Waals surface area contributed by atoms with Crippen LogP contribution >= 0.6 is 23.8 Å². The molecule has 2 aromatic rings. The van der Waals surface area contributed by atoms with E-state index < -0.39 is 0 Å². The topological polar surface area (TPSA) is 37.9 Å². The standard InChI is InChI=1S/C13H13ClN2OS/c1-3-9-7-12(18)16-13(15-9)10-5-4-8(14)6-11(10)17-2/h4-7H,3H2,1-2H3,(H,15,16,18). The second-order valence-corrected chi connectivity index (χ2v) is 4.65. The first-order chi connectivity index (χ1) is 8.63. The lowest BCUT2D eigenvalue weighted by Gasteiger charge is -2.09. The van der Waals surface area contributed by atoms with Gasteiger partial charge in [-0.25, -0.2) is 4.98 Å². The number of aromatic amines is 1. The van der Waals surface area contributed by atoms with Crippen molar-refractivity contribution in [2.75, 3.05) is 7.11 Å². The molecule has 1 heterocycles. The van der Waals surface area contributed by atoms with Crippen molar-refractivity contribution in [1.82, 2.24) is 9.97 Å². The van der Waals surface area contributed by atoms with Gasteiger partial charge >= 0.3 is 0 Å². The van der Waals surface area contributed by atoms with Gasteiger partial charge in [0.05, 0.1) is 12.7 Å². The Hall–Kier alpha value is -1.39. The van der Waals surface area contributed by atoms with Crippen molar-refractivity contribution in [3.8, 4) is 17.1 Å². The molecule has 3 nitrogen and oxygen atoms in total. The van der Waals surface area contributed by atoms with Crippen LogP contribution in [-0.4, -0.2) is 17.1 Å². The summed E-state index contributed by atoms with van der Waals surface area (Å²) in [6, 6.07) is 7.29. The van der Waals surface area contributed by atoms with Crippen molar-refractivity contribution >= 4 is 23.8 Å². The highest BCUT2D eigenvalue weighted by molar-refractivity contribution is 7.71. The van der Waals surface area contributed by atoms with E-state index in [4.69, 9.17) is 28.6 Å². The number of rotatable bonds is 3. The zero-order valence-corrected chi connectivity index (χ0v) is 11.7. The van der Waals surface area contributed by atoms with Crippen molar-refractivity contribution < 1.29 is 4.74 Å². The van der Waals surface area contributed by atoms with Crippen LogP contribution in [0.15, 0.2) is 24.3 Å². The van der Waals surface area contributed by atoms with Crippen LogP contribution in [0.3, 0.4) is 0 Å². The van der Waals surface area contributed by atoms with Crippen LogP contribution in [0.25, 0.3) is 11.4 Å². The number of aromatic nitrogens is 2. The molecular weight excluding hydrogens is 268 g/mol. The SMILES string of the molecule is CCc1cc(=S)nc(-c2ccc(Cl)cc2OC)[nH]1. The summed E-state index contributed by atoms with van der Waals surface area (Å²) >= 11 is 11.1. The van der Waals surface area contributed by atoms with Gasteiger partial charge in [0.2, 0.25) is 0 Å². The lowest BCUT2D eigenvalue weighted by atomic mass is 10.2. The van der Waals surface area contributed by atoms with E-state index in [0.29, 0.717) is 21.2 Å². The summed E-state index contributed by atoms with van der Waals surface area (Å²) in [5.41, 5.74) is 1.89. The maximum Gasteiger partial charge on any atom is 0.142 e. The number of methoxy groups -OCH3 is 1. The summed E-state index contributed by atoms with van der Waals surface area (Å²) in [6.07, 6.45) is 0.870. The number of nitrogens with one attached hydrogen (secondary N) is 1. The summed E-state index contributed by atoms with van der Waals surface area (Å²) in [4.78, 5) is 7.57. The molecule has 0 saturated heterocycles. The molecule has 0 aliphatic heterocycles. The summed E-state index contributed by atoms with van der Waals surface area (Å²) in [7, 11) is 1.60. The number of ether oxygens (including phenoxy) is 1. The Kier molecular flexibility index (Phi) is 3.99. The van der Waals surface area contributed by atoms with E-state index in [1.54, 1.807) is 19.2 Å². The Morgan fingerprint density at radius 3 is 2.83 bits per heavy atom. The first-order valence-corrected chi connectivity index (χ1v) is 6.36. The Bertz CT molecular complexity index is 625. The van der Waals surface area contributed by atoms with Crippen LogP contribution < -0.4 is 4.74 Å². The third-order valence-corrected chi connectivity index (χ3v) is 3.04. The predicted molar refractivity (Wildman–Crippen MR) is 75.8 cm³/mol. The molecule has 2 rings (SSSR count). The molecule has 0 amide bonds. The zero-order chi connectivity index (χ0) is 13.1. The number of nitrogens with zero attached hydrogens (tertiary/aromatic N) is 1. The van der Waals surface area contributed by atoms with E-state index in [2.05, 4.69) is 16.9 Å². The van der Waals surface area contributed by atoms with Gasteiger partial charge in [-0.15, -0.1) is 0 Å². The van der Waals surface area contributed by atoms with E-state index in [9.17, 15) is 0 Å². The Morgan fingerprint density at radius 1 is 1.39 bits per heavy atom. The van der Waals surface area contributed by atoms with Gasteiger partial charge in [0.1, 0.15) is 16.2 Å². The molecule has 1 aromatic heterocycles. The highest BCUT2D eigenvalue weighted by atomic mass is 35.5. The summed E-state index contributed by atoms with van der Waals surface area (Å²) in [5.74, 6) is 1.38. The van der Waals surface area contributed by atoms with Crippen LogP contribution in [-0.2, 0) is 6.42 Å². The highest BCUT2D eigenvalue weighted by Crippen LogP contribution is 2.30.